The number of rotatable bonds is 4. The third-order valence-electron chi connectivity index (χ3n) is 4.30. The maximum absolute atomic E-state index is 13.4. The quantitative estimate of drug-likeness (QED) is 0.547. The molecule has 150 valence electrons. The predicted molar refractivity (Wildman–Crippen MR) is 104 cm³/mol. The lowest BCUT2D eigenvalue weighted by atomic mass is 10.1. The van der Waals surface area contributed by atoms with Crippen molar-refractivity contribution in [2.45, 2.75) is 13.1 Å². The van der Waals surface area contributed by atoms with Crippen molar-refractivity contribution in [3.63, 3.8) is 0 Å². The number of hydrogen-bond donors (Lipinski definition) is 1. The molecule has 0 aliphatic heterocycles. The molecule has 0 spiro atoms. The van der Waals surface area contributed by atoms with Crippen LogP contribution in [0, 0.1) is 11.6 Å². The lowest BCUT2D eigenvalue weighted by Crippen LogP contribution is -2.13. The Balaban J connectivity index is 0.00000240. The average Bonchev–Trinajstić information content (AvgIpc) is 2.98. The van der Waals surface area contributed by atoms with E-state index in [9.17, 15) is 18.0 Å². The van der Waals surface area contributed by atoms with Crippen molar-refractivity contribution in [3.8, 4) is 11.3 Å². The van der Waals surface area contributed by atoms with Crippen LogP contribution < -0.4 is 5.56 Å². The van der Waals surface area contributed by atoms with Crippen LogP contribution >= 0.6 is 12.4 Å². The fraction of sp³-hybridized carbons (Fsp3) is 0.158. The van der Waals surface area contributed by atoms with Gasteiger partial charge < -0.3 is 4.98 Å². The number of benzene rings is 1. The zero-order valence-corrected chi connectivity index (χ0v) is 15.9. The first-order valence-electron chi connectivity index (χ1n) is 8.36. The summed E-state index contributed by atoms with van der Waals surface area (Å²) in [7, 11) is 1.59. The van der Waals surface area contributed by atoms with E-state index in [-0.39, 0.29) is 29.9 Å². The summed E-state index contributed by atoms with van der Waals surface area (Å²) >= 11 is 0. The van der Waals surface area contributed by atoms with E-state index in [1.165, 1.54) is 16.8 Å². The molecule has 0 unspecified atom stereocenters. The highest BCUT2D eigenvalue weighted by Crippen LogP contribution is 2.20. The molecule has 4 aromatic rings. The Hall–Kier alpha value is -3.20. The molecule has 6 nitrogen and oxygen atoms in total. The molecule has 0 radical (unpaired) electrons. The van der Waals surface area contributed by atoms with Gasteiger partial charge in [0.2, 0.25) is 0 Å². The van der Waals surface area contributed by atoms with E-state index in [1.807, 2.05) is 0 Å². The fourth-order valence-corrected chi connectivity index (χ4v) is 3.05. The van der Waals surface area contributed by atoms with Crippen molar-refractivity contribution in [3.05, 3.63) is 75.6 Å². The number of nitrogens with zero attached hydrogens (tertiary/aromatic N) is 4. The summed E-state index contributed by atoms with van der Waals surface area (Å²) in [4.78, 5) is 23.5. The number of H-pyrrole nitrogens is 1. The molecular weight excluding hydrogens is 407 g/mol. The first kappa shape index (κ1) is 20.5. The number of halogens is 4. The maximum atomic E-state index is 13.4. The Morgan fingerprint density at radius 2 is 1.86 bits per heavy atom. The van der Waals surface area contributed by atoms with Gasteiger partial charge in [0.25, 0.3) is 5.56 Å². The highest BCUT2D eigenvalue weighted by molar-refractivity contribution is 5.85. The van der Waals surface area contributed by atoms with Crippen molar-refractivity contribution in [1.82, 2.24) is 24.7 Å². The van der Waals surface area contributed by atoms with E-state index in [0.29, 0.717) is 22.7 Å². The molecule has 3 heterocycles. The van der Waals surface area contributed by atoms with Gasteiger partial charge in [0.1, 0.15) is 35.2 Å². The van der Waals surface area contributed by atoms with Gasteiger partial charge in [-0.15, -0.1) is 12.4 Å². The van der Waals surface area contributed by atoms with Gasteiger partial charge in [-0.3, -0.25) is 9.78 Å². The van der Waals surface area contributed by atoms with E-state index in [0.717, 1.165) is 11.6 Å². The molecule has 0 fully saturated rings. The largest absolute Gasteiger partial charge is 0.310 e. The van der Waals surface area contributed by atoms with Crippen molar-refractivity contribution < 1.29 is 13.2 Å². The number of hydrogen-bond acceptors (Lipinski definition) is 4. The van der Waals surface area contributed by atoms with Gasteiger partial charge in [0.15, 0.2) is 5.65 Å². The number of alkyl halides is 1. The minimum atomic E-state index is -0.854. The second-order valence-electron chi connectivity index (χ2n) is 6.30. The molecule has 0 saturated carbocycles. The zero-order chi connectivity index (χ0) is 19.8. The van der Waals surface area contributed by atoms with Gasteiger partial charge in [-0.2, -0.15) is 5.10 Å². The summed E-state index contributed by atoms with van der Waals surface area (Å²) in [5.74, 6) is -0.989. The number of fused-ring (bicyclic) bond motifs is 1. The average molecular weight is 422 g/mol. The second-order valence-corrected chi connectivity index (χ2v) is 6.30. The standard InChI is InChI=1S/C19H14F3N5O.ClH/c1-27-18-17(15(8-20)26-27)19(28)25-16(24-18)4-10-2-3-14(23-9-10)11-5-12(21)7-13(22)6-11;/h2-3,5-7,9H,4,8H2,1H3,(H,24,25,28);1H. The molecule has 1 N–H and O–H groups in total. The Bertz CT molecular complexity index is 1220. The van der Waals surface area contributed by atoms with E-state index >= 15 is 0 Å². The SMILES string of the molecule is Cl.Cn1nc(CF)c2c(=O)[nH]c(Cc3ccc(-c4cc(F)cc(F)c4)nc3)nc21. The van der Waals surface area contributed by atoms with E-state index in [2.05, 4.69) is 20.1 Å². The number of aryl methyl sites for hydroxylation is 1. The van der Waals surface area contributed by atoms with Crippen molar-refractivity contribution in [2.24, 2.45) is 7.05 Å². The number of aromatic amines is 1. The van der Waals surface area contributed by atoms with Crippen LogP contribution in [-0.4, -0.2) is 24.7 Å². The lowest BCUT2D eigenvalue weighted by molar-refractivity contribution is 0.473. The second kappa shape index (κ2) is 8.04. The Morgan fingerprint density at radius 3 is 2.48 bits per heavy atom. The summed E-state index contributed by atoms with van der Waals surface area (Å²) in [6.45, 7) is -0.854. The molecule has 0 atom stereocenters. The van der Waals surface area contributed by atoms with Gasteiger partial charge in [-0.25, -0.2) is 22.8 Å². The highest BCUT2D eigenvalue weighted by Gasteiger charge is 2.15. The molecular formula is C19H15ClF3N5O. The summed E-state index contributed by atoms with van der Waals surface area (Å²) in [6.07, 6.45) is 1.81. The van der Waals surface area contributed by atoms with Gasteiger partial charge in [-0.1, -0.05) is 6.07 Å². The van der Waals surface area contributed by atoms with Crippen LogP contribution in [0.4, 0.5) is 13.2 Å². The van der Waals surface area contributed by atoms with Crippen molar-refractivity contribution in [1.29, 1.82) is 0 Å². The molecule has 0 amide bonds. The molecule has 29 heavy (non-hydrogen) atoms. The van der Waals surface area contributed by atoms with Crippen molar-refractivity contribution >= 4 is 23.4 Å². The summed E-state index contributed by atoms with van der Waals surface area (Å²) in [5.41, 5.74) is 1.36. The smallest absolute Gasteiger partial charge is 0.262 e. The van der Waals surface area contributed by atoms with Crippen LogP contribution in [0.5, 0.6) is 0 Å². The van der Waals surface area contributed by atoms with Gasteiger partial charge in [0.05, 0.1) is 5.69 Å². The molecule has 4 rings (SSSR count). The molecule has 0 aliphatic rings. The normalized spacial score (nSPS) is 10.9. The lowest BCUT2D eigenvalue weighted by Gasteiger charge is -2.05. The minimum absolute atomic E-state index is 0. The zero-order valence-electron chi connectivity index (χ0n) is 15.1. The van der Waals surface area contributed by atoms with E-state index in [1.54, 1.807) is 25.4 Å². The van der Waals surface area contributed by atoms with Crippen LogP contribution in [0.2, 0.25) is 0 Å². The van der Waals surface area contributed by atoms with Crippen LogP contribution in [0.15, 0.2) is 41.3 Å². The molecule has 3 aromatic heterocycles. The third kappa shape index (κ3) is 4.00. The fourth-order valence-electron chi connectivity index (χ4n) is 3.05. The van der Waals surface area contributed by atoms with Crippen LogP contribution in [0.1, 0.15) is 17.1 Å². The Kier molecular flexibility index (Phi) is 5.69. The van der Waals surface area contributed by atoms with Gasteiger partial charge in [-0.05, 0) is 23.8 Å². The van der Waals surface area contributed by atoms with Crippen LogP contribution in [0.25, 0.3) is 22.3 Å². The Morgan fingerprint density at radius 1 is 1.14 bits per heavy atom. The summed E-state index contributed by atoms with van der Waals surface area (Å²) < 4.78 is 41.1. The topological polar surface area (TPSA) is 76.5 Å². The number of aromatic nitrogens is 5. The molecule has 10 heteroatoms. The maximum Gasteiger partial charge on any atom is 0.262 e. The van der Waals surface area contributed by atoms with Gasteiger partial charge in [0, 0.05) is 31.3 Å². The number of pyridine rings is 1. The predicted octanol–water partition coefficient (Wildman–Crippen LogP) is 3.48. The first-order valence-corrected chi connectivity index (χ1v) is 8.36. The third-order valence-corrected chi connectivity index (χ3v) is 4.30. The first-order chi connectivity index (χ1) is 13.4. The minimum Gasteiger partial charge on any atom is -0.310 e. The summed E-state index contributed by atoms with van der Waals surface area (Å²) in [6, 6.07) is 6.55. The Labute approximate surface area is 168 Å². The molecule has 0 saturated heterocycles. The van der Waals surface area contributed by atoms with Crippen molar-refractivity contribution in [2.75, 3.05) is 0 Å². The number of nitrogens with one attached hydrogen (secondary N) is 1. The van der Waals surface area contributed by atoms with Crippen LogP contribution in [0.3, 0.4) is 0 Å². The monoisotopic (exact) mass is 421 g/mol. The van der Waals surface area contributed by atoms with E-state index in [4.69, 9.17) is 0 Å². The molecule has 0 bridgehead atoms. The highest BCUT2D eigenvalue weighted by atomic mass is 35.5. The van der Waals surface area contributed by atoms with E-state index < -0.39 is 23.9 Å². The molecule has 1 aromatic carbocycles. The van der Waals surface area contributed by atoms with Crippen LogP contribution in [-0.2, 0) is 20.1 Å². The van der Waals surface area contributed by atoms with Gasteiger partial charge >= 0.3 is 0 Å². The summed E-state index contributed by atoms with van der Waals surface area (Å²) in [5, 5.41) is 4.10. The molecule has 0 aliphatic carbocycles.